The van der Waals surface area contributed by atoms with Crippen LogP contribution in [0.1, 0.15) is 67.4 Å². The molecular formula is C27H31ClN2OS. The van der Waals surface area contributed by atoms with Crippen LogP contribution in [0.2, 0.25) is 5.02 Å². The molecule has 0 amide bonds. The minimum atomic E-state index is -0.00328. The Balaban J connectivity index is 1.62. The van der Waals surface area contributed by atoms with Gasteiger partial charge in [-0.3, -0.25) is 9.78 Å². The zero-order valence-corrected chi connectivity index (χ0v) is 20.8. The summed E-state index contributed by atoms with van der Waals surface area (Å²) in [6, 6.07) is 12.3. The second-order valence-corrected chi connectivity index (χ2v) is 11.6. The van der Waals surface area contributed by atoms with Crippen LogP contribution < -0.4 is 5.73 Å². The standard InChI is InChI=1S/C27H31ClN2OS/c1-16-22(17-10-11-30-25(14-17)27(2,3)4)15-24(32-16)21-9-8-19(13-23(21)28)26(31)18-6-5-7-20(29)12-18/h8-11,13-15,18,20H,5-7,12,29H2,1-4H3/t18?,20-/m1/s1. The minimum absolute atomic E-state index is 0.00328. The lowest BCUT2D eigenvalue weighted by Crippen LogP contribution is -2.31. The van der Waals surface area contributed by atoms with Gasteiger partial charge in [-0.05, 0) is 61.6 Å². The van der Waals surface area contributed by atoms with Crippen molar-refractivity contribution < 1.29 is 4.79 Å². The fourth-order valence-electron chi connectivity index (χ4n) is 4.48. The molecule has 1 aromatic carbocycles. The molecule has 1 fully saturated rings. The van der Waals surface area contributed by atoms with Gasteiger partial charge in [0.1, 0.15) is 0 Å². The monoisotopic (exact) mass is 466 g/mol. The van der Waals surface area contributed by atoms with Crippen molar-refractivity contribution in [3.63, 3.8) is 0 Å². The number of hydrogen-bond donors (Lipinski definition) is 1. The SMILES string of the molecule is Cc1sc(-c2ccc(C(=O)C3CCC[C@@H](N)C3)cc2Cl)cc1-c1ccnc(C(C)(C)C)c1. The molecule has 3 nitrogen and oxygen atoms in total. The number of halogens is 1. The maximum Gasteiger partial charge on any atom is 0.166 e. The Hall–Kier alpha value is -2.01. The highest BCUT2D eigenvalue weighted by atomic mass is 35.5. The molecule has 32 heavy (non-hydrogen) atoms. The Morgan fingerprint density at radius 3 is 2.59 bits per heavy atom. The van der Waals surface area contributed by atoms with Crippen molar-refractivity contribution >= 4 is 28.7 Å². The van der Waals surface area contributed by atoms with Crippen LogP contribution in [0.25, 0.3) is 21.6 Å². The van der Waals surface area contributed by atoms with E-state index in [1.807, 2.05) is 24.4 Å². The number of thiophene rings is 1. The summed E-state index contributed by atoms with van der Waals surface area (Å²) in [6.07, 6.45) is 5.61. The third-order valence-corrected chi connectivity index (χ3v) is 7.76. The normalized spacial score (nSPS) is 19.2. The molecule has 2 atom stereocenters. The molecule has 0 radical (unpaired) electrons. The molecule has 1 aliphatic rings. The first-order valence-electron chi connectivity index (χ1n) is 11.3. The van der Waals surface area contributed by atoms with Crippen molar-refractivity contribution in [2.45, 2.75) is 64.8 Å². The number of nitrogens with zero attached hydrogens (tertiary/aromatic N) is 1. The van der Waals surface area contributed by atoms with Gasteiger partial charge in [0.25, 0.3) is 0 Å². The third kappa shape index (κ3) is 4.83. The first-order valence-corrected chi connectivity index (χ1v) is 12.5. The van der Waals surface area contributed by atoms with E-state index in [1.54, 1.807) is 11.3 Å². The molecule has 2 heterocycles. The number of nitrogens with two attached hydrogens (primary N) is 1. The Labute approximate surface area is 200 Å². The van der Waals surface area contributed by atoms with Gasteiger partial charge in [-0.1, -0.05) is 50.9 Å². The van der Waals surface area contributed by atoms with Gasteiger partial charge in [-0.2, -0.15) is 0 Å². The number of rotatable bonds is 4. The topological polar surface area (TPSA) is 56.0 Å². The van der Waals surface area contributed by atoms with Crippen LogP contribution in [0.15, 0.2) is 42.6 Å². The molecule has 1 unspecified atom stereocenters. The van der Waals surface area contributed by atoms with E-state index in [-0.39, 0.29) is 23.2 Å². The van der Waals surface area contributed by atoms with Gasteiger partial charge >= 0.3 is 0 Å². The van der Waals surface area contributed by atoms with Gasteiger partial charge in [0.2, 0.25) is 0 Å². The maximum atomic E-state index is 13.0. The number of benzene rings is 1. The number of pyridine rings is 1. The van der Waals surface area contributed by atoms with Crippen molar-refractivity contribution in [3.05, 3.63) is 63.8 Å². The molecular weight excluding hydrogens is 436 g/mol. The van der Waals surface area contributed by atoms with E-state index in [0.717, 1.165) is 41.8 Å². The second-order valence-electron chi connectivity index (χ2n) is 9.94. The molecule has 5 heteroatoms. The Kier molecular flexibility index (Phi) is 6.58. The number of aromatic nitrogens is 1. The van der Waals surface area contributed by atoms with Gasteiger partial charge in [0.05, 0.1) is 0 Å². The van der Waals surface area contributed by atoms with Gasteiger partial charge in [-0.25, -0.2) is 0 Å². The summed E-state index contributed by atoms with van der Waals surface area (Å²) < 4.78 is 0. The smallest absolute Gasteiger partial charge is 0.166 e. The van der Waals surface area contributed by atoms with Gasteiger partial charge in [0.15, 0.2) is 5.78 Å². The molecule has 3 aromatic rings. The highest BCUT2D eigenvalue weighted by Crippen LogP contribution is 2.40. The van der Waals surface area contributed by atoms with Crippen molar-refractivity contribution in [2.75, 3.05) is 0 Å². The summed E-state index contributed by atoms with van der Waals surface area (Å²) in [7, 11) is 0. The first-order chi connectivity index (χ1) is 15.1. The summed E-state index contributed by atoms with van der Waals surface area (Å²) in [5.41, 5.74) is 11.2. The zero-order chi connectivity index (χ0) is 23.0. The molecule has 0 spiro atoms. The van der Waals surface area contributed by atoms with Gasteiger partial charge < -0.3 is 5.73 Å². The number of ketones is 1. The summed E-state index contributed by atoms with van der Waals surface area (Å²) in [4.78, 5) is 19.9. The van der Waals surface area contributed by atoms with Crippen LogP contribution in [0.3, 0.4) is 0 Å². The van der Waals surface area contributed by atoms with E-state index in [4.69, 9.17) is 17.3 Å². The summed E-state index contributed by atoms with van der Waals surface area (Å²) in [5, 5.41) is 0.619. The van der Waals surface area contributed by atoms with Crippen molar-refractivity contribution in [1.29, 1.82) is 0 Å². The van der Waals surface area contributed by atoms with E-state index < -0.39 is 0 Å². The van der Waals surface area contributed by atoms with E-state index in [0.29, 0.717) is 10.6 Å². The maximum absolute atomic E-state index is 13.0. The molecule has 4 rings (SSSR count). The highest BCUT2D eigenvalue weighted by molar-refractivity contribution is 7.16. The van der Waals surface area contributed by atoms with E-state index in [2.05, 4.69) is 50.9 Å². The van der Waals surface area contributed by atoms with E-state index >= 15 is 0 Å². The van der Waals surface area contributed by atoms with Crippen LogP contribution in [-0.4, -0.2) is 16.8 Å². The quantitative estimate of drug-likeness (QED) is 0.406. The summed E-state index contributed by atoms with van der Waals surface area (Å²) >= 11 is 8.41. The molecule has 168 valence electrons. The largest absolute Gasteiger partial charge is 0.328 e. The summed E-state index contributed by atoms with van der Waals surface area (Å²) in [6.45, 7) is 8.66. The van der Waals surface area contributed by atoms with Crippen LogP contribution in [0.4, 0.5) is 0 Å². The average molecular weight is 467 g/mol. The van der Waals surface area contributed by atoms with Crippen LogP contribution >= 0.6 is 22.9 Å². The summed E-state index contributed by atoms with van der Waals surface area (Å²) in [5.74, 6) is 0.183. The molecule has 2 N–H and O–H groups in total. The number of carbonyl (C=O) groups excluding carboxylic acids is 1. The van der Waals surface area contributed by atoms with E-state index in [9.17, 15) is 4.79 Å². The fraction of sp³-hybridized carbons (Fsp3) is 0.407. The Morgan fingerprint density at radius 1 is 1.12 bits per heavy atom. The van der Waals surface area contributed by atoms with Gasteiger partial charge in [0, 0.05) is 55.2 Å². The van der Waals surface area contributed by atoms with Crippen LogP contribution in [-0.2, 0) is 5.41 Å². The van der Waals surface area contributed by atoms with Crippen molar-refractivity contribution in [1.82, 2.24) is 4.98 Å². The molecule has 1 saturated carbocycles. The number of carbonyl (C=O) groups is 1. The fourth-order valence-corrected chi connectivity index (χ4v) is 5.90. The lowest BCUT2D eigenvalue weighted by atomic mass is 9.81. The molecule has 0 bridgehead atoms. The highest BCUT2D eigenvalue weighted by Gasteiger charge is 2.26. The Morgan fingerprint density at radius 2 is 1.91 bits per heavy atom. The van der Waals surface area contributed by atoms with Crippen LogP contribution in [0.5, 0.6) is 0 Å². The third-order valence-electron chi connectivity index (χ3n) is 6.36. The number of aryl methyl sites for hydroxylation is 1. The number of Topliss-reactive ketones (excluding diaryl/α,β-unsaturated/α-hetero) is 1. The van der Waals surface area contributed by atoms with E-state index in [1.165, 1.54) is 16.0 Å². The minimum Gasteiger partial charge on any atom is -0.328 e. The predicted octanol–water partition coefficient (Wildman–Crippen LogP) is 7.44. The molecule has 0 saturated heterocycles. The lowest BCUT2D eigenvalue weighted by Gasteiger charge is -2.25. The number of hydrogen-bond acceptors (Lipinski definition) is 4. The zero-order valence-electron chi connectivity index (χ0n) is 19.2. The van der Waals surface area contributed by atoms with Crippen LogP contribution in [0, 0.1) is 12.8 Å². The molecule has 1 aliphatic carbocycles. The van der Waals surface area contributed by atoms with Crippen molar-refractivity contribution in [2.24, 2.45) is 11.7 Å². The van der Waals surface area contributed by atoms with Gasteiger partial charge in [-0.15, -0.1) is 11.3 Å². The molecule has 0 aliphatic heterocycles. The first kappa shape index (κ1) is 23.2. The predicted molar refractivity (Wildman–Crippen MR) is 136 cm³/mol. The Bertz CT molecular complexity index is 1140. The van der Waals surface area contributed by atoms with Crippen molar-refractivity contribution in [3.8, 4) is 21.6 Å². The second kappa shape index (κ2) is 9.09. The molecule has 2 aromatic heterocycles. The average Bonchev–Trinajstić information content (AvgIpc) is 3.14. The lowest BCUT2D eigenvalue weighted by molar-refractivity contribution is 0.0881.